The largest absolute Gasteiger partial charge is 0.467 e. The number of aliphatic hydroxyl groups excluding tert-OH is 1. The van der Waals surface area contributed by atoms with Gasteiger partial charge in [-0.3, -0.25) is 4.79 Å². The van der Waals surface area contributed by atoms with Gasteiger partial charge in [-0.05, 0) is 11.1 Å². The van der Waals surface area contributed by atoms with Gasteiger partial charge in [-0.2, -0.15) is 0 Å². The Kier molecular flexibility index (Phi) is 8.18. The lowest BCUT2D eigenvalue weighted by Gasteiger charge is -2.17. The average molecular weight is 373 g/mol. The monoisotopic (exact) mass is 373 g/mol. The highest BCUT2D eigenvalue weighted by Gasteiger charge is 2.22. The van der Waals surface area contributed by atoms with Gasteiger partial charge in [0.1, 0.15) is 6.04 Å². The molecule has 0 aliphatic rings. The van der Waals surface area contributed by atoms with Gasteiger partial charge in [0, 0.05) is 12.2 Å². The van der Waals surface area contributed by atoms with Gasteiger partial charge >= 0.3 is 5.97 Å². The number of ether oxygens (including phenoxy) is 1. The summed E-state index contributed by atoms with van der Waals surface area (Å²) < 4.78 is 4.79. The highest BCUT2D eigenvalue weighted by molar-refractivity contribution is 7.99. The van der Waals surface area contributed by atoms with E-state index in [4.69, 9.17) is 4.74 Å². The van der Waals surface area contributed by atoms with Crippen LogP contribution in [-0.4, -0.2) is 41.6 Å². The number of methoxy groups -OCH3 is 1. The van der Waals surface area contributed by atoms with Crippen LogP contribution in [-0.2, 0) is 20.7 Å². The maximum atomic E-state index is 12.2. The third kappa shape index (κ3) is 6.54. The molecule has 0 aliphatic carbocycles. The highest BCUT2D eigenvalue weighted by Crippen LogP contribution is 2.17. The van der Waals surface area contributed by atoms with Gasteiger partial charge in [0.05, 0.1) is 19.0 Å². The van der Waals surface area contributed by atoms with Crippen molar-refractivity contribution in [2.45, 2.75) is 18.6 Å². The van der Waals surface area contributed by atoms with E-state index in [1.165, 1.54) is 18.9 Å². The van der Waals surface area contributed by atoms with E-state index in [1.807, 2.05) is 60.7 Å². The van der Waals surface area contributed by atoms with E-state index >= 15 is 0 Å². The normalized spacial score (nSPS) is 12.8. The number of carbonyl (C=O) groups is 2. The molecule has 2 atom stereocenters. The summed E-state index contributed by atoms with van der Waals surface area (Å²) in [4.78, 5) is 24.1. The number of hydrogen-bond donors (Lipinski definition) is 2. The molecular weight excluding hydrogens is 350 g/mol. The van der Waals surface area contributed by atoms with Crippen LogP contribution in [0.4, 0.5) is 0 Å². The summed E-state index contributed by atoms with van der Waals surface area (Å²) in [5.41, 5.74) is 1.76. The van der Waals surface area contributed by atoms with Crippen LogP contribution in [0.15, 0.2) is 60.7 Å². The van der Waals surface area contributed by atoms with E-state index in [0.29, 0.717) is 12.2 Å². The van der Waals surface area contributed by atoms with Crippen molar-refractivity contribution in [1.29, 1.82) is 0 Å². The summed E-state index contributed by atoms with van der Waals surface area (Å²) in [5, 5.41) is 12.8. The fourth-order valence-electron chi connectivity index (χ4n) is 2.46. The van der Waals surface area contributed by atoms with Crippen molar-refractivity contribution in [3.8, 4) is 0 Å². The van der Waals surface area contributed by atoms with Crippen molar-refractivity contribution >= 4 is 23.6 Å². The third-order valence-corrected chi connectivity index (χ3v) is 4.81. The molecule has 0 saturated heterocycles. The van der Waals surface area contributed by atoms with Crippen molar-refractivity contribution in [1.82, 2.24) is 5.32 Å². The molecular formula is C20H23NO4S. The molecule has 2 unspecified atom stereocenters. The van der Waals surface area contributed by atoms with E-state index in [0.717, 1.165) is 11.1 Å². The number of thioether (sulfide) groups is 1. The molecule has 0 fully saturated rings. The van der Waals surface area contributed by atoms with Crippen LogP contribution in [0.25, 0.3) is 0 Å². The maximum absolute atomic E-state index is 12.2. The molecule has 2 rings (SSSR count). The lowest BCUT2D eigenvalue weighted by Crippen LogP contribution is -2.43. The highest BCUT2D eigenvalue weighted by atomic mass is 32.2. The first-order chi connectivity index (χ1) is 12.6. The number of benzene rings is 2. The zero-order valence-electron chi connectivity index (χ0n) is 14.6. The molecule has 0 spiro atoms. The van der Waals surface area contributed by atoms with Crippen LogP contribution in [0.1, 0.15) is 17.2 Å². The number of nitrogens with one attached hydrogen (secondary N) is 1. The Bertz CT molecular complexity index is 693. The maximum Gasteiger partial charge on any atom is 0.328 e. The molecule has 0 saturated carbocycles. The molecule has 0 aliphatic heterocycles. The predicted molar refractivity (Wildman–Crippen MR) is 103 cm³/mol. The Hall–Kier alpha value is -2.31. The number of esters is 1. The number of hydrogen-bond acceptors (Lipinski definition) is 5. The minimum Gasteiger partial charge on any atom is -0.467 e. The molecule has 0 bridgehead atoms. The predicted octanol–water partition coefficient (Wildman–Crippen LogP) is 2.35. The summed E-state index contributed by atoms with van der Waals surface area (Å²) in [6.45, 7) is 0. The summed E-state index contributed by atoms with van der Waals surface area (Å²) in [6.07, 6.45) is -0.258. The summed E-state index contributed by atoms with van der Waals surface area (Å²) in [6, 6.07) is 18.0. The van der Waals surface area contributed by atoms with E-state index in [9.17, 15) is 14.7 Å². The van der Waals surface area contributed by atoms with Crippen LogP contribution in [0.5, 0.6) is 0 Å². The molecule has 2 aromatic carbocycles. The molecule has 5 nitrogen and oxygen atoms in total. The zero-order chi connectivity index (χ0) is 18.8. The Morgan fingerprint density at radius 1 is 1.08 bits per heavy atom. The second-order valence-corrected chi connectivity index (χ2v) is 6.80. The van der Waals surface area contributed by atoms with E-state index in [2.05, 4.69) is 5.32 Å². The minimum absolute atomic E-state index is 0.159. The van der Waals surface area contributed by atoms with Crippen LogP contribution in [0.3, 0.4) is 0 Å². The van der Waals surface area contributed by atoms with Crippen molar-refractivity contribution in [2.75, 3.05) is 18.6 Å². The molecule has 2 N–H and O–H groups in total. The van der Waals surface area contributed by atoms with Gasteiger partial charge in [-0.15, -0.1) is 11.8 Å². The van der Waals surface area contributed by atoms with Crippen LogP contribution in [0.2, 0.25) is 0 Å². The van der Waals surface area contributed by atoms with E-state index in [-0.39, 0.29) is 11.7 Å². The molecule has 0 heterocycles. The molecule has 138 valence electrons. The lowest BCUT2D eigenvalue weighted by atomic mass is 10.1. The lowest BCUT2D eigenvalue weighted by molar-refractivity contribution is -0.144. The number of rotatable bonds is 9. The molecule has 6 heteroatoms. The number of aliphatic hydroxyl groups is 1. The fourth-order valence-corrected chi connectivity index (χ4v) is 3.26. The Morgan fingerprint density at radius 2 is 1.69 bits per heavy atom. The van der Waals surface area contributed by atoms with Gasteiger partial charge in [0.2, 0.25) is 5.91 Å². The summed E-state index contributed by atoms with van der Waals surface area (Å²) >= 11 is 1.32. The van der Waals surface area contributed by atoms with Gasteiger partial charge in [0.25, 0.3) is 0 Å². The summed E-state index contributed by atoms with van der Waals surface area (Å²) in [5.74, 6) is -0.177. The Balaban J connectivity index is 1.82. The van der Waals surface area contributed by atoms with Crippen molar-refractivity contribution in [3.05, 3.63) is 71.8 Å². The standard InChI is InChI=1S/C20H23NO4S/c1-25-20(24)17(12-15-8-4-2-5-9-15)21-19(23)14-26-13-18(22)16-10-6-3-7-11-16/h2-11,17-18,22H,12-14H2,1H3,(H,21,23). The van der Waals surface area contributed by atoms with Crippen molar-refractivity contribution in [2.24, 2.45) is 0 Å². The van der Waals surface area contributed by atoms with Crippen molar-refractivity contribution < 1.29 is 19.4 Å². The zero-order valence-corrected chi connectivity index (χ0v) is 15.4. The third-order valence-electron chi connectivity index (χ3n) is 3.80. The Labute approximate surface area is 157 Å². The fraction of sp³-hybridized carbons (Fsp3) is 0.300. The molecule has 1 amide bonds. The Morgan fingerprint density at radius 3 is 2.31 bits per heavy atom. The molecule has 0 radical (unpaired) electrons. The first-order valence-corrected chi connectivity index (χ1v) is 9.47. The van der Waals surface area contributed by atoms with Crippen LogP contribution >= 0.6 is 11.8 Å². The molecule has 26 heavy (non-hydrogen) atoms. The second-order valence-electron chi connectivity index (χ2n) is 5.77. The number of carbonyl (C=O) groups excluding carboxylic acids is 2. The van der Waals surface area contributed by atoms with Gasteiger partial charge < -0.3 is 15.2 Å². The molecule has 0 aromatic heterocycles. The summed E-state index contributed by atoms with van der Waals surface area (Å²) in [7, 11) is 1.30. The van der Waals surface area contributed by atoms with Gasteiger partial charge in [-0.1, -0.05) is 60.7 Å². The van der Waals surface area contributed by atoms with Gasteiger partial charge in [0.15, 0.2) is 0 Å². The number of amides is 1. The first-order valence-electron chi connectivity index (χ1n) is 8.32. The topological polar surface area (TPSA) is 75.6 Å². The van der Waals surface area contributed by atoms with E-state index in [1.54, 1.807) is 0 Å². The van der Waals surface area contributed by atoms with E-state index < -0.39 is 18.1 Å². The first kappa shape index (κ1) is 20.0. The smallest absolute Gasteiger partial charge is 0.328 e. The minimum atomic E-state index is -0.727. The van der Waals surface area contributed by atoms with Crippen molar-refractivity contribution in [3.63, 3.8) is 0 Å². The quantitative estimate of drug-likeness (QED) is 0.660. The van der Waals surface area contributed by atoms with Crippen LogP contribution in [0, 0.1) is 0 Å². The average Bonchev–Trinajstić information content (AvgIpc) is 2.68. The molecule has 2 aromatic rings. The van der Waals surface area contributed by atoms with Gasteiger partial charge in [-0.25, -0.2) is 4.79 Å². The second kappa shape index (κ2) is 10.6. The van der Waals surface area contributed by atoms with Crippen LogP contribution < -0.4 is 5.32 Å². The SMILES string of the molecule is COC(=O)C(Cc1ccccc1)NC(=O)CSCC(O)c1ccccc1.